The number of nitrogens with zero attached hydrogens (tertiary/aromatic N) is 2. The van der Waals surface area contributed by atoms with E-state index in [2.05, 4.69) is 29.0 Å². The van der Waals surface area contributed by atoms with Crippen LogP contribution >= 0.6 is 0 Å². The number of carbonyl (C=O) groups is 2. The van der Waals surface area contributed by atoms with Gasteiger partial charge in [-0.2, -0.15) is 0 Å². The molecular formula is C34H42F2N4O3. The first kappa shape index (κ1) is 30.9. The maximum Gasteiger partial charge on any atom is 0.322 e. The van der Waals surface area contributed by atoms with Gasteiger partial charge in [0.05, 0.1) is 11.4 Å². The van der Waals surface area contributed by atoms with Crippen molar-refractivity contribution >= 4 is 23.6 Å². The first-order valence-corrected chi connectivity index (χ1v) is 15.4. The smallest absolute Gasteiger partial charge is 0.322 e. The Morgan fingerprint density at radius 1 is 1.21 bits per heavy atom. The fraction of sp³-hybridized carbons (Fsp3) is 0.500. The molecule has 0 bridgehead atoms. The number of hydrogen-bond acceptors (Lipinski definition) is 5. The summed E-state index contributed by atoms with van der Waals surface area (Å²) in [5.74, 6) is -0.990. The van der Waals surface area contributed by atoms with Crippen molar-refractivity contribution in [2.75, 3.05) is 19.6 Å². The van der Waals surface area contributed by atoms with E-state index in [0.29, 0.717) is 46.5 Å². The molecule has 7 nitrogen and oxygen atoms in total. The second-order valence-corrected chi connectivity index (χ2v) is 12.3. The number of nitrogens with one attached hydrogen (secondary N) is 2. The van der Waals surface area contributed by atoms with Crippen molar-refractivity contribution in [2.24, 2.45) is 5.92 Å². The number of halogens is 2. The summed E-state index contributed by atoms with van der Waals surface area (Å²) < 4.78 is 36.5. The van der Waals surface area contributed by atoms with Crippen molar-refractivity contribution in [3.8, 4) is 0 Å². The molecule has 0 saturated carbocycles. The van der Waals surface area contributed by atoms with Gasteiger partial charge in [-0.3, -0.25) is 10.1 Å². The molecule has 5 rings (SSSR count). The van der Waals surface area contributed by atoms with Gasteiger partial charge in [-0.1, -0.05) is 39.5 Å². The summed E-state index contributed by atoms with van der Waals surface area (Å²) in [5, 5.41) is 5.19. The van der Waals surface area contributed by atoms with Gasteiger partial charge in [0.1, 0.15) is 24.0 Å². The van der Waals surface area contributed by atoms with Crippen LogP contribution in [0.2, 0.25) is 0 Å². The van der Waals surface area contributed by atoms with Crippen molar-refractivity contribution in [1.82, 2.24) is 20.5 Å². The number of imide groups is 1. The molecule has 1 aromatic heterocycles. The highest BCUT2D eigenvalue weighted by Gasteiger charge is 2.52. The van der Waals surface area contributed by atoms with E-state index in [4.69, 9.17) is 9.72 Å². The zero-order valence-corrected chi connectivity index (χ0v) is 25.6. The highest BCUT2D eigenvalue weighted by atomic mass is 19.1. The van der Waals surface area contributed by atoms with Crippen LogP contribution in [-0.2, 0) is 29.0 Å². The van der Waals surface area contributed by atoms with Crippen molar-refractivity contribution < 1.29 is 23.1 Å². The number of carbonyl (C=O) groups excluding carboxylic acids is 2. The Morgan fingerprint density at radius 2 is 1.93 bits per heavy atom. The molecule has 0 radical (unpaired) electrons. The quantitative estimate of drug-likeness (QED) is 0.318. The topological polar surface area (TPSA) is 83.6 Å². The van der Waals surface area contributed by atoms with E-state index in [1.54, 1.807) is 19.1 Å². The van der Waals surface area contributed by atoms with E-state index in [1.165, 1.54) is 6.07 Å². The van der Waals surface area contributed by atoms with E-state index in [9.17, 15) is 9.59 Å². The Hall–Kier alpha value is -3.59. The van der Waals surface area contributed by atoms with E-state index in [0.717, 1.165) is 44.5 Å². The molecule has 2 saturated heterocycles. The van der Waals surface area contributed by atoms with Crippen LogP contribution in [0.15, 0.2) is 30.5 Å². The SMILES string of the molecule is C=C(C)c1c(CC(C)C[C@@]2(C3=Cc4nc(C5CCN(CCC)CC5)c(F)cc4CO3)NC(=O)NC2=O)ccc(CC)c1F. The van der Waals surface area contributed by atoms with Gasteiger partial charge in [-0.05, 0) is 93.8 Å². The number of amides is 3. The number of pyridine rings is 1. The summed E-state index contributed by atoms with van der Waals surface area (Å²) >= 11 is 0. The van der Waals surface area contributed by atoms with Crippen LogP contribution in [0.1, 0.15) is 92.9 Å². The molecule has 2 fully saturated rings. The van der Waals surface area contributed by atoms with Crippen molar-refractivity contribution in [2.45, 2.75) is 84.3 Å². The van der Waals surface area contributed by atoms with E-state index in [1.807, 2.05) is 19.9 Å². The van der Waals surface area contributed by atoms with Crippen LogP contribution in [-0.4, -0.2) is 47.0 Å². The molecule has 3 aliphatic rings. The molecule has 43 heavy (non-hydrogen) atoms. The normalized spacial score (nSPS) is 21.5. The Bertz CT molecular complexity index is 1460. The molecule has 9 heteroatoms. The lowest BCUT2D eigenvalue weighted by atomic mass is 9.81. The minimum Gasteiger partial charge on any atom is -0.490 e. The summed E-state index contributed by atoms with van der Waals surface area (Å²) in [6, 6.07) is 4.59. The average Bonchev–Trinajstić information content (AvgIpc) is 3.25. The van der Waals surface area contributed by atoms with Gasteiger partial charge in [0.2, 0.25) is 0 Å². The number of hydrogen-bond donors (Lipinski definition) is 2. The number of aryl methyl sites for hydroxylation is 1. The second-order valence-electron chi connectivity index (χ2n) is 12.3. The molecule has 230 valence electrons. The first-order chi connectivity index (χ1) is 20.6. The van der Waals surface area contributed by atoms with E-state index >= 15 is 8.78 Å². The number of fused-ring (bicyclic) bond motifs is 1. The zero-order chi connectivity index (χ0) is 30.9. The Labute approximate surface area is 252 Å². The van der Waals surface area contributed by atoms with Crippen molar-refractivity contribution in [1.29, 1.82) is 0 Å². The minimum absolute atomic E-state index is 0.0172. The molecule has 4 heterocycles. The number of ether oxygens (including phenoxy) is 1. The van der Waals surface area contributed by atoms with Crippen LogP contribution in [0.25, 0.3) is 11.6 Å². The van der Waals surface area contributed by atoms with Crippen LogP contribution in [0, 0.1) is 17.6 Å². The zero-order valence-electron chi connectivity index (χ0n) is 25.6. The van der Waals surface area contributed by atoms with Gasteiger partial charge in [0, 0.05) is 23.1 Å². The first-order valence-electron chi connectivity index (χ1n) is 15.4. The molecule has 0 spiro atoms. The molecule has 2 atom stereocenters. The number of benzene rings is 1. The summed E-state index contributed by atoms with van der Waals surface area (Å²) in [6.07, 6.45) is 5.67. The van der Waals surface area contributed by atoms with Gasteiger partial charge in [0.25, 0.3) is 5.91 Å². The lowest BCUT2D eigenvalue weighted by Gasteiger charge is -2.34. The fourth-order valence-electron chi connectivity index (χ4n) is 6.84. The maximum absolute atomic E-state index is 15.3. The third-order valence-electron chi connectivity index (χ3n) is 8.98. The van der Waals surface area contributed by atoms with Crippen molar-refractivity contribution in [3.05, 3.63) is 75.8 Å². The number of aromatic nitrogens is 1. The number of rotatable bonds is 10. The number of allylic oxidation sites excluding steroid dienone is 1. The minimum atomic E-state index is -1.47. The van der Waals surface area contributed by atoms with Crippen LogP contribution in [0.5, 0.6) is 0 Å². The summed E-state index contributed by atoms with van der Waals surface area (Å²) in [6.45, 7) is 14.7. The Morgan fingerprint density at radius 3 is 2.56 bits per heavy atom. The molecule has 1 unspecified atom stereocenters. The molecule has 2 aromatic rings. The van der Waals surface area contributed by atoms with Crippen LogP contribution in [0.4, 0.5) is 13.6 Å². The fourth-order valence-corrected chi connectivity index (χ4v) is 6.84. The average molecular weight is 593 g/mol. The van der Waals surface area contributed by atoms with Crippen LogP contribution < -0.4 is 10.6 Å². The third kappa shape index (κ3) is 6.09. The predicted molar refractivity (Wildman–Crippen MR) is 163 cm³/mol. The van der Waals surface area contributed by atoms with E-state index < -0.39 is 17.5 Å². The standard InChI is InChI=1S/C34H42F2N4O3/c1-6-12-40-13-10-23(11-14-40)31-26(35)16-25-19-43-28(17-27(25)37-31)34(32(41)38-33(42)39-34)18-21(5)15-24-9-8-22(7-2)30(36)29(24)20(3)4/h8-9,16-17,21,23H,3,6-7,10-15,18-19H2,1-2,4-5H3,(H2,38,39,41,42)/t21?,34-/m0/s1. The maximum atomic E-state index is 15.3. The molecule has 2 N–H and O–H groups in total. The summed E-state index contributed by atoms with van der Waals surface area (Å²) in [4.78, 5) is 33.0. The van der Waals surface area contributed by atoms with Gasteiger partial charge < -0.3 is 15.0 Å². The van der Waals surface area contributed by atoms with Gasteiger partial charge >= 0.3 is 6.03 Å². The number of likely N-dealkylation sites (tertiary alicyclic amines) is 1. The second kappa shape index (κ2) is 12.6. The summed E-state index contributed by atoms with van der Waals surface area (Å²) in [7, 11) is 0. The largest absolute Gasteiger partial charge is 0.490 e. The van der Waals surface area contributed by atoms with Gasteiger partial charge in [-0.15, -0.1) is 0 Å². The molecule has 1 aromatic carbocycles. The summed E-state index contributed by atoms with van der Waals surface area (Å²) in [5.41, 5.74) is 2.68. The monoisotopic (exact) mass is 592 g/mol. The lowest BCUT2D eigenvalue weighted by Crippen LogP contribution is -2.51. The Kier molecular flexibility index (Phi) is 9.02. The highest BCUT2D eigenvalue weighted by Crippen LogP contribution is 2.38. The molecule has 0 aliphatic carbocycles. The van der Waals surface area contributed by atoms with Gasteiger partial charge in [0.15, 0.2) is 5.54 Å². The molecule has 3 aliphatic heterocycles. The molecular weight excluding hydrogens is 550 g/mol. The predicted octanol–water partition coefficient (Wildman–Crippen LogP) is 6.26. The lowest BCUT2D eigenvalue weighted by molar-refractivity contribution is -0.124. The number of piperidine rings is 1. The van der Waals surface area contributed by atoms with Gasteiger partial charge in [-0.25, -0.2) is 18.6 Å². The van der Waals surface area contributed by atoms with E-state index in [-0.39, 0.29) is 42.3 Å². The Balaban J connectivity index is 1.43. The van der Waals surface area contributed by atoms with Crippen molar-refractivity contribution in [3.63, 3.8) is 0 Å². The highest BCUT2D eigenvalue weighted by molar-refractivity contribution is 6.09. The van der Waals surface area contributed by atoms with Crippen LogP contribution in [0.3, 0.4) is 0 Å². The third-order valence-corrected chi connectivity index (χ3v) is 8.98. The number of urea groups is 1. The molecule has 3 amide bonds.